The topological polar surface area (TPSA) is 62.3 Å². The fourth-order valence-electron chi connectivity index (χ4n) is 2.38. The summed E-state index contributed by atoms with van der Waals surface area (Å²) >= 11 is 0. The van der Waals surface area contributed by atoms with Crippen LogP contribution in [-0.2, 0) is 12.5 Å². The average Bonchev–Trinajstić information content (AvgIpc) is 2.56. The zero-order valence-electron chi connectivity index (χ0n) is 14.4. The first-order valence-corrected chi connectivity index (χ1v) is 7.66. The Morgan fingerprint density at radius 3 is 2.22 bits per heavy atom. The molecule has 0 amide bonds. The normalized spacial score (nSPS) is 12.1. The Labute approximate surface area is 152 Å². The molecule has 0 spiro atoms. The van der Waals surface area contributed by atoms with Crippen LogP contribution in [0.25, 0.3) is 0 Å². The van der Waals surface area contributed by atoms with Crippen LogP contribution in [0.15, 0.2) is 36.4 Å². The van der Waals surface area contributed by atoms with Crippen molar-refractivity contribution < 1.29 is 26.7 Å². The van der Waals surface area contributed by atoms with Crippen LogP contribution in [0.5, 0.6) is 11.5 Å². The third kappa shape index (κ3) is 4.28. The molecule has 0 saturated carbocycles. The van der Waals surface area contributed by atoms with Crippen molar-refractivity contribution in [1.82, 2.24) is 4.90 Å². The second-order valence-electron chi connectivity index (χ2n) is 6.07. The minimum absolute atomic E-state index is 0.100. The number of nitrogens with two attached hydrogens (primary N) is 1. The summed E-state index contributed by atoms with van der Waals surface area (Å²) in [6.07, 6.45) is -5.86. The van der Waals surface area contributed by atoms with E-state index in [1.165, 1.54) is 18.2 Å². The summed E-state index contributed by atoms with van der Waals surface area (Å²) in [5.41, 5.74) is 3.96. The Bertz CT molecular complexity index is 872. The Balaban J connectivity index is 2.67. The number of hydrogen-bond donors (Lipinski definition) is 1. The van der Waals surface area contributed by atoms with Gasteiger partial charge >= 0.3 is 12.1 Å². The predicted molar refractivity (Wildman–Crippen MR) is 89.4 cm³/mol. The van der Waals surface area contributed by atoms with Crippen LogP contribution in [0, 0.1) is 11.3 Å². The number of hydrogen-bond acceptors (Lipinski definition) is 4. The lowest BCUT2D eigenvalue weighted by molar-refractivity contribution is -0.289. The summed E-state index contributed by atoms with van der Waals surface area (Å²) in [4.78, 5) is 1.65. The molecule has 2 N–H and O–H groups in total. The van der Waals surface area contributed by atoms with Gasteiger partial charge in [-0.1, -0.05) is 12.1 Å². The highest BCUT2D eigenvalue weighted by Crippen LogP contribution is 2.47. The number of alkyl halides is 5. The average molecular weight is 385 g/mol. The fraction of sp³-hybridized carbons (Fsp3) is 0.278. The van der Waals surface area contributed by atoms with Crippen LogP contribution < -0.4 is 10.5 Å². The molecule has 0 bridgehead atoms. The van der Waals surface area contributed by atoms with Crippen molar-refractivity contribution in [3.8, 4) is 17.6 Å². The fourth-order valence-corrected chi connectivity index (χ4v) is 2.38. The van der Waals surface area contributed by atoms with Crippen molar-refractivity contribution in [1.29, 1.82) is 5.26 Å². The first-order valence-electron chi connectivity index (χ1n) is 7.66. The Hall–Kier alpha value is -2.86. The van der Waals surface area contributed by atoms with Crippen LogP contribution in [0.1, 0.15) is 16.7 Å². The lowest BCUT2D eigenvalue weighted by atomic mass is 9.98. The highest BCUT2D eigenvalue weighted by molar-refractivity contribution is 5.56. The van der Waals surface area contributed by atoms with E-state index >= 15 is 0 Å². The molecule has 9 heteroatoms. The minimum Gasteiger partial charge on any atom is -0.455 e. The van der Waals surface area contributed by atoms with Crippen molar-refractivity contribution >= 4 is 5.69 Å². The highest BCUT2D eigenvalue weighted by atomic mass is 19.4. The number of nitriles is 1. The van der Waals surface area contributed by atoms with Crippen molar-refractivity contribution in [3.05, 3.63) is 53.1 Å². The Kier molecular flexibility index (Phi) is 5.61. The zero-order valence-corrected chi connectivity index (χ0v) is 14.4. The van der Waals surface area contributed by atoms with Gasteiger partial charge in [-0.15, -0.1) is 0 Å². The third-order valence-corrected chi connectivity index (χ3v) is 3.64. The molecular weight excluding hydrogens is 369 g/mol. The van der Waals surface area contributed by atoms with E-state index in [0.29, 0.717) is 6.07 Å². The van der Waals surface area contributed by atoms with Gasteiger partial charge in [-0.05, 0) is 38.4 Å². The summed E-state index contributed by atoms with van der Waals surface area (Å²) in [5.74, 6) is -5.35. The van der Waals surface area contributed by atoms with E-state index in [1.54, 1.807) is 31.1 Å². The first kappa shape index (κ1) is 20.5. The van der Waals surface area contributed by atoms with Crippen molar-refractivity contribution in [2.45, 2.75) is 18.6 Å². The van der Waals surface area contributed by atoms with Gasteiger partial charge in [0.2, 0.25) is 0 Å². The summed E-state index contributed by atoms with van der Waals surface area (Å²) in [7, 11) is 3.34. The van der Waals surface area contributed by atoms with Gasteiger partial charge in [-0.25, -0.2) is 0 Å². The SMILES string of the molecule is CN(C)Cc1cc(C#N)c(C(F)(F)C(F)(F)F)cc1Oc1ccccc1N. The monoisotopic (exact) mass is 385 g/mol. The molecule has 0 aliphatic heterocycles. The van der Waals surface area contributed by atoms with Crippen molar-refractivity contribution in [3.63, 3.8) is 0 Å². The van der Waals surface area contributed by atoms with Gasteiger partial charge in [0.15, 0.2) is 0 Å². The smallest absolute Gasteiger partial charge is 0.455 e. The molecule has 144 valence electrons. The highest BCUT2D eigenvalue weighted by Gasteiger charge is 2.60. The van der Waals surface area contributed by atoms with Crippen LogP contribution in [-0.4, -0.2) is 25.2 Å². The number of nitrogens with zero attached hydrogens (tertiary/aromatic N) is 2. The zero-order chi connectivity index (χ0) is 20.4. The van der Waals surface area contributed by atoms with Gasteiger partial charge in [0.05, 0.1) is 22.9 Å². The van der Waals surface area contributed by atoms with E-state index in [4.69, 9.17) is 15.7 Å². The number of para-hydroxylation sites is 2. The lowest BCUT2D eigenvalue weighted by Gasteiger charge is -2.23. The molecule has 27 heavy (non-hydrogen) atoms. The maximum absolute atomic E-state index is 13.9. The molecule has 2 aromatic rings. The Morgan fingerprint density at radius 1 is 1.07 bits per heavy atom. The van der Waals surface area contributed by atoms with E-state index in [2.05, 4.69) is 0 Å². The van der Waals surface area contributed by atoms with Crippen molar-refractivity contribution in [2.24, 2.45) is 0 Å². The second kappa shape index (κ2) is 7.40. The van der Waals surface area contributed by atoms with Gasteiger partial charge in [0.1, 0.15) is 11.5 Å². The maximum atomic E-state index is 13.9. The molecule has 0 fully saturated rings. The molecule has 0 aliphatic rings. The molecule has 0 aliphatic carbocycles. The van der Waals surface area contributed by atoms with Crippen LogP contribution in [0.3, 0.4) is 0 Å². The van der Waals surface area contributed by atoms with E-state index in [-0.39, 0.29) is 29.3 Å². The number of benzene rings is 2. The number of halogens is 5. The number of rotatable bonds is 5. The lowest BCUT2D eigenvalue weighted by Crippen LogP contribution is -2.34. The van der Waals surface area contributed by atoms with Gasteiger partial charge in [0.25, 0.3) is 0 Å². The Morgan fingerprint density at radius 2 is 1.70 bits per heavy atom. The summed E-state index contributed by atoms with van der Waals surface area (Å²) < 4.78 is 71.9. The molecule has 2 rings (SSSR count). The van der Waals surface area contributed by atoms with Crippen LogP contribution >= 0.6 is 0 Å². The number of ether oxygens (including phenoxy) is 1. The van der Waals surface area contributed by atoms with E-state index in [9.17, 15) is 22.0 Å². The minimum atomic E-state index is -5.86. The molecule has 0 unspecified atom stereocenters. The second-order valence-corrected chi connectivity index (χ2v) is 6.07. The van der Waals surface area contributed by atoms with E-state index in [0.717, 1.165) is 6.07 Å². The molecule has 0 radical (unpaired) electrons. The summed E-state index contributed by atoms with van der Waals surface area (Å²) in [6, 6.07) is 9.08. The van der Waals surface area contributed by atoms with E-state index < -0.39 is 23.2 Å². The van der Waals surface area contributed by atoms with Crippen LogP contribution in [0.4, 0.5) is 27.6 Å². The standard InChI is InChI=1S/C18H16F5N3O/c1-26(2)10-12-7-11(9-24)13(17(19,20)18(21,22)23)8-16(12)27-15-6-4-3-5-14(15)25/h3-8H,10,25H2,1-2H3. The van der Waals surface area contributed by atoms with Gasteiger partial charge < -0.3 is 15.4 Å². The first-order chi connectivity index (χ1) is 12.5. The molecule has 0 heterocycles. The molecule has 0 atom stereocenters. The third-order valence-electron chi connectivity index (χ3n) is 3.64. The maximum Gasteiger partial charge on any atom is 0.458 e. The van der Waals surface area contributed by atoms with E-state index in [1.807, 2.05) is 0 Å². The molecule has 2 aromatic carbocycles. The van der Waals surface area contributed by atoms with Crippen LogP contribution in [0.2, 0.25) is 0 Å². The summed E-state index contributed by atoms with van der Waals surface area (Å²) in [6.45, 7) is 0.147. The summed E-state index contributed by atoms with van der Waals surface area (Å²) in [5, 5.41) is 9.11. The van der Waals surface area contributed by atoms with Gasteiger partial charge in [-0.2, -0.15) is 27.2 Å². The quantitative estimate of drug-likeness (QED) is 0.601. The largest absolute Gasteiger partial charge is 0.458 e. The van der Waals surface area contributed by atoms with Gasteiger partial charge in [-0.3, -0.25) is 0 Å². The number of anilines is 1. The predicted octanol–water partition coefficient (Wildman–Crippen LogP) is 4.65. The van der Waals surface area contributed by atoms with Gasteiger partial charge in [0, 0.05) is 12.1 Å². The molecule has 0 aromatic heterocycles. The molecular formula is C18H16F5N3O. The molecule has 4 nitrogen and oxygen atoms in total. The van der Waals surface area contributed by atoms with Crippen molar-refractivity contribution in [2.75, 3.05) is 19.8 Å². The number of nitrogen functional groups attached to an aromatic ring is 1. The molecule has 0 saturated heterocycles.